The van der Waals surface area contributed by atoms with Crippen molar-refractivity contribution < 1.29 is 18.9 Å². The van der Waals surface area contributed by atoms with Crippen molar-refractivity contribution in [3.8, 4) is 0 Å². The minimum absolute atomic E-state index is 0.209. The number of ether oxygens (including phenoxy) is 4. The van der Waals surface area contributed by atoms with Crippen LogP contribution in [-0.4, -0.2) is 38.0 Å². The molecule has 2 rings (SSSR count). The van der Waals surface area contributed by atoms with E-state index in [9.17, 15) is 0 Å². The van der Waals surface area contributed by atoms with Gasteiger partial charge >= 0.3 is 0 Å². The van der Waals surface area contributed by atoms with Gasteiger partial charge < -0.3 is 18.9 Å². The highest BCUT2D eigenvalue weighted by Gasteiger charge is 2.46. The lowest BCUT2D eigenvalue weighted by Crippen LogP contribution is -2.46. The minimum atomic E-state index is -0.889. The molecule has 1 saturated heterocycles. The molecule has 0 spiro atoms. The van der Waals surface area contributed by atoms with Gasteiger partial charge in [0, 0.05) is 25.7 Å². The smallest absolute Gasteiger partial charge is 0.285 e. The van der Waals surface area contributed by atoms with E-state index in [-0.39, 0.29) is 5.92 Å². The molecule has 5 unspecified atom stereocenters. The summed E-state index contributed by atoms with van der Waals surface area (Å²) in [6, 6.07) is 0. The van der Waals surface area contributed by atoms with Crippen LogP contribution in [0.4, 0.5) is 0 Å². The molecule has 1 heterocycles. The molecule has 0 aromatic rings. The van der Waals surface area contributed by atoms with Crippen molar-refractivity contribution in [1.29, 1.82) is 0 Å². The van der Waals surface area contributed by atoms with Gasteiger partial charge in [-0.25, -0.2) is 0 Å². The summed E-state index contributed by atoms with van der Waals surface area (Å²) in [6.07, 6.45) is 5.94. The second-order valence-corrected chi connectivity index (χ2v) is 6.80. The zero-order valence-electron chi connectivity index (χ0n) is 15.0. The molecule has 0 radical (unpaired) electrons. The fourth-order valence-corrected chi connectivity index (χ4v) is 4.00. The van der Waals surface area contributed by atoms with Gasteiger partial charge in [0.1, 0.15) is 0 Å². The number of rotatable bonds is 10. The monoisotopic (exact) mass is 314 g/mol. The van der Waals surface area contributed by atoms with Gasteiger partial charge in [-0.15, -0.1) is 0 Å². The van der Waals surface area contributed by atoms with Crippen LogP contribution in [0.15, 0.2) is 0 Å². The molecule has 130 valence electrons. The van der Waals surface area contributed by atoms with Crippen molar-refractivity contribution in [3.63, 3.8) is 0 Å². The van der Waals surface area contributed by atoms with Gasteiger partial charge in [-0.05, 0) is 58.3 Å². The Bertz CT molecular complexity index is 316. The molecule has 0 aromatic carbocycles. The van der Waals surface area contributed by atoms with Crippen LogP contribution in [0.3, 0.4) is 0 Å². The standard InChI is InChI=1S/C18H34O4/c1-6-19-18(20-7-2,21-8-3)14(5)11-13(4)15-9-10-16-17(12-15)22-16/h13-17H,6-12H2,1-5H3. The maximum Gasteiger partial charge on any atom is 0.285 e. The summed E-state index contributed by atoms with van der Waals surface area (Å²) >= 11 is 0. The largest absolute Gasteiger partial charge is 0.370 e. The first kappa shape index (κ1) is 18.2. The summed E-state index contributed by atoms with van der Waals surface area (Å²) < 4.78 is 23.4. The van der Waals surface area contributed by atoms with E-state index < -0.39 is 5.97 Å². The first-order valence-electron chi connectivity index (χ1n) is 9.13. The first-order chi connectivity index (χ1) is 10.6. The van der Waals surface area contributed by atoms with Crippen molar-refractivity contribution in [2.24, 2.45) is 17.8 Å². The third kappa shape index (κ3) is 4.22. The molecular formula is C18H34O4. The van der Waals surface area contributed by atoms with Crippen LogP contribution >= 0.6 is 0 Å². The van der Waals surface area contributed by atoms with Crippen molar-refractivity contribution in [2.45, 2.75) is 78.5 Å². The van der Waals surface area contributed by atoms with Crippen molar-refractivity contribution >= 4 is 0 Å². The molecular weight excluding hydrogens is 280 g/mol. The Labute approximate surface area is 135 Å². The summed E-state index contributed by atoms with van der Waals surface area (Å²) in [7, 11) is 0. The molecule has 0 amide bonds. The molecule has 2 fully saturated rings. The fourth-order valence-electron chi connectivity index (χ4n) is 4.00. The molecule has 0 aromatic heterocycles. The predicted molar refractivity (Wildman–Crippen MR) is 86.6 cm³/mol. The fraction of sp³-hybridized carbons (Fsp3) is 1.00. The van der Waals surface area contributed by atoms with E-state index in [4.69, 9.17) is 18.9 Å². The Morgan fingerprint density at radius 2 is 1.55 bits per heavy atom. The van der Waals surface area contributed by atoms with E-state index in [0.717, 1.165) is 12.3 Å². The van der Waals surface area contributed by atoms with Gasteiger partial charge in [0.2, 0.25) is 0 Å². The van der Waals surface area contributed by atoms with Crippen LogP contribution in [0, 0.1) is 17.8 Å². The lowest BCUT2D eigenvalue weighted by Gasteiger charge is -2.39. The highest BCUT2D eigenvalue weighted by molar-refractivity contribution is 4.93. The highest BCUT2D eigenvalue weighted by Crippen LogP contribution is 2.44. The zero-order valence-corrected chi connectivity index (χ0v) is 15.0. The van der Waals surface area contributed by atoms with Gasteiger partial charge in [0.25, 0.3) is 5.97 Å². The van der Waals surface area contributed by atoms with Crippen molar-refractivity contribution in [3.05, 3.63) is 0 Å². The number of epoxide rings is 1. The Morgan fingerprint density at radius 3 is 2.05 bits per heavy atom. The van der Waals surface area contributed by atoms with Gasteiger partial charge in [-0.3, -0.25) is 0 Å². The normalized spacial score (nSPS) is 30.7. The summed E-state index contributed by atoms with van der Waals surface area (Å²) in [5.74, 6) is 0.717. The van der Waals surface area contributed by atoms with Gasteiger partial charge in [0.15, 0.2) is 0 Å². The average Bonchev–Trinajstić information content (AvgIpc) is 3.26. The maximum absolute atomic E-state index is 5.92. The second kappa shape index (κ2) is 8.09. The number of fused-ring (bicyclic) bond motifs is 1. The Balaban J connectivity index is 1.94. The Kier molecular flexibility index (Phi) is 6.69. The van der Waals surface area contributed by atoms with E-state index in [1.165, 1.54) is 19.3 Å². The van der Waals surface area contributed by atoms with E-state index in [1.807, 2.05) is 20.8 Å². The van der Waals surface area contributed by atoms with E-state index in [1.54, 1.807) is 0 Å². The zero-order chi connectivity index (χ0) is 16.2. The van der Waals surface area contributed by atoms with Crippen molar-refractivity contribution in [2.75, 3.05) is 19.8 Å². The van der Waals surface area contributed by atoms with Crippen LogP contribution in [0.25, 0.3) is 0 Å². The van der Waals surface area contributed by atoms with Crippen LogP contribution in [0.1, 0.15) is 60.3 Å². The summed E-state index contributed by atoms with van der Waals surface area (Å²) in [4.78, 5) is 0. The number of hydrogen-bond donors (Lipinski definition) is 0. The summed E-state index contributed by atoms with van der Waals surface area (Å²) in [6.45, 7) is 12.3. The quantitative estimate of drug-likeness (QED) is 0.452. The van der Waals surface area contributed by atoms with Gasteiger partial charge in [0.05, 0.1) is 12.2 Å². The lowest BCUT2D eigenvalue weighted by molar-refractivity contribution is -0.401. The molecule has 1 aliphatic carbocycles. The van der Waals surface area contributed by atoms with Crippen LogP contribution < -0.4 is 0 Å². The number of hydrogen-bond acceptors (Lipinski definition) is 4. The van der Waals surface area contributed by atoms with E-state index in [2.05, 4.69) is 13.8 Å². The third-order valence-electron chi connectivity index (χ3n) is 5.21. The van der Waals surface area contributed by atoms with Crippen LogP contribution in [0.5, 0.6) is 0 Å². The minimum Gasteiger partial charge on any atom is -0.370 e. The van der Waals surface area contributed by atoms with E-state index in [0.29, 0.717) is 37.9 Å². The van der Waals surface area contributed by atoms with Crippen LogP contribution in [-0.2, 0) is 18.9 Å². The average molecular weight is 314 g/mol. The molecule has 4 nitrogen and oxygen atoms in total. The summed E-state index contributed by atoms with van der Waals surface area (Å²) in [5, 5.41) is 0. The third-order valence-corrected chi connectivity index (χ3v) is 5.21. The van der Waals surface area contributed by atoms with Crippen LogP contribution in [0.2, 0.25) is 0 Å². The SMILES string of the molecule is CCOC(OCC)(OCC)C(C)CC(C)C1CCC2OC2C1. The molecule has 1 aliphatic heterocycles. The summed E-state index contributed by atoms with van der Waals surface area (Å²) in [5.41, 5.74) is 0. The maximum atomic E-state index is 5.92. The molecule has 4 heteroatoms. The molecule has 0 bridgehead atoms. The van der Waals surface area contributed by atoms with Gasteiger partial charge in [-0.2, -0.15) is 0 Å². The highest BCUT2D eigenvalue weighted by atomic mass is 16.9. The predicted octanol–water partition coefficient (Wildman–Crippen LogP) is 3.98. The molecule has 1 saturated carbocycles. The van der Waals surface area contributed by atoms with Crippen molar-refractivity contribution in [1.82, 2.24) is 0 Å². The molecule has 22 heavy (non-hydrogen) atoms. The van der Waals surface area contributed by atoms with E-state index >= 15 is 0 Å². The second-order valence-electron chi connectivity index (χ2n) is 6.80. The first-order valence-corrected chi connectivity index (χ1v) is 9.13. The lowest BCUT2D eigenvalue weighted by atomic mass is 9.77. The molecule has 0 N–H and O–H groups in total. The Hall–Kier alpha value is -0.160. The molecule has 5 atom stereocenters. The topological polar surface area (TPSA) is 40.2 Å². The molecule has 2 aliphatic rings. The Morgan fingerprint density at radius 1 is 0.955 bits per heavy atom. The van der Waals surface area contributed by atoms with Gasteiger partial charge in [-0.1, -0.05) is 13.8 Å².